The molecule has 0 spiro atoms. The highest BCUT2D eigenvalue weighted by molar-refractivity contribution is 5.96. The molecule has 0 saturated carbocycles. The van der Waals surface area contributed by atoms with Gasteiger partial charge in [-0.1, -0.05) is 32.0 Å². The number of amides is 2. The van der Waals surface area contributed by atoms with Gasteiger partial charge < -0.3 is 10.2 Å². The minimum atomic E-state index is -0.0964. The molecule has 1 N–H and O–H groups in total. The van der Waals surface area contributed by atoms with E-state index < -0.39 is 0 Å². The van der Waals surface area contributed by atoms with Crippen LogP contribution in [0, 0.1) is 0 Å². The van der Waals surface area contributed by atoms with Crippen molar-refractivity contribution >= 4 is 17.5 Å². The molecule has 4 nitrogen and oxygen atoms in total. The molecule has 1 fully saturated rings. The van der Waals surface area contributed by atoms with E-state index in [1.807, 2.05) is 18.2 Å². The fraction of sp³-hybridized carbons (Fsp3) is 0.529. The molecule has 0 unspecified atom stereocenters. The highest BCUT2D eigenvalue weighted by Crippen LogP contribution is 2.22. The molecule has 114 valence electrons. The summed E-state index contributed by atoms with van der Waals surface area (Å²) in [4.78, 5) is 25.7. The largest absolute Gasteiger partial charge is 0.333 e. The summed E-state index contributed by atoms with van der Waals surface area (Å²) in [5.41, 5.74) is 3.22. The highest BCUT2D eigenvalue weighted by Gasteiger charge is 2.21. The van der Waals surface area contributed by atoms with Crippen molar-refractivity contribution in [2.24, 2.45) is 0 Å². The SMILES string of the molecule is CCc1cccc(CC)c1NC(=O)CN1CCCCC1=O. The third kappa shape index (κ3) is 3.84. The second kappa shape index (κ2) is 7.25. The Balaban J connectivity index is 2.07. The summed E-state index contributed by atoms with van der Waals surface area (Å²) in [6, 6.07) is 6.11. The first-order valence-electron chi connectivity index (χ1n) is 7.84. The Bertz CT molecular complexity index is 503. The summed E-state index contributed by atoms with van der Waals surface area (Å²) >= 11 is 0. The fourth-order valence-electron chi connectivity index (χ4n) is 2.78. The Kier molecular flexibility index (Phi) is 5.37. The molecule has 0 aromatic heterocycles. The number of anilines is 1. The Morgan fingerprint density at radius 3 is 2.43 bits per heavy atom. The number of piperidine rings is 1. The monoisotopic (exact) mass is 288 g/mol. The molecular formula is C17H24N2O2. The van der Waals surface area contributed by atoms with Crippen molar-refractivity contribution in [3.8, 4) is 0 Å². The van der Waals surface area contributed by atoms with Gasteiger partial charge in [-0.25, -0.2) is 0 Å². The summed E-state index contributed by atoms with van der Waals surface area (Å²) < 4.78 is 0. The van der Waals surface area contributed by atoms with E-state index in [9.17, 15) is 9.59 Å². The summed E-state index contributed by atoms with van der Waals surface area (Å²) in [5, 5.41) is 3.02. The third-order valence-electron chi connectivity index (χ3n) is 4.02. The van der Waals surface area contributed by atoms with Gasteiger partial charge in [0.2, 0.25) is 11.8 Å². The number of carbonyl (C=O) groups is 2. The molecule has 0 bridgehead atoms. The van der Waals surface area contributed by atoms with Crippen LogP contribution < -0.4 is 5.32 Å². The lowest BCUT2D eigenvalue weighted by Crippen LogP contribution is -2.41. The maximum absolute atomic E-state index is 12.3. The fourth-order valence-corrected chi connectivity index (χ4v) is 2.78. The number of likely N-dealkylation sites (tertiary alicyclic amines) is 1. The van der Waals surface area contributed by atoms with Crippen molar-refractivity contribution < 1.29 is 9.59 Å². The molecule has 1 saturated heterocycles. The molecule has 1 aromatic carbocycles. The van der Waals surface area contributed by atoms with Gasteiger partial charge in [0, 0.05) is 18.7 Å². The van der Waals surface area contributed by atoms with Gasteiger partial charge in [-0.2, -0.15) is 0 Å². The minimum absolute atomic E-state index is 0.0934. The van der Waals surface area contributed by atoms with Crippen LogP contribution in [0.25, 0.3) is 0 Å². The van der Waals surface area contributed by atoms with Gasteiger partial charge in [0.25, 0.3) is 0 Å². The van der Waals surface area contributed by atoms with Crippen LogP contribution in [0.5, 0.6) is 0 Å². The average Bonchev–Trinajstić information content (AvgIpc) is 2.49. The molecule has 2 rings (SSSR count). The van der Waals surface area contributed by atoms with Gasteiger partial charge in [0.15, 0.2) is 0 Å². The van der Waals surface area contributed by atoms with Gasteiger partial charge >= 0.3 is 0 Å². The van der Waals surface area contributed by atoms with Crippen molar-refractivity contribution in [3.63, 3.8) is 0 Å². The predicted octanol–water partition coefficient (Wildman–Crippen LogP) is 2.76. The van der Waals surface area contributed by atoms with Crippen LogP contribution in [-0.4, -0.2) is 29.8 Å². The summed E-state index contributed by atoms with van der Waals surface area (Å²) in [6.07, 6.45) is 4.26. The molecule has 0 radical (unpaired) electrons. The molecule has 4 heteroatoms. The molecule has 1 aliphatic rings. The molecule has 0 aliphatic carbocycles. The number of benzene rings is 1. The lowest BCUT2D eigenvalue weighted by molar-refractivity contribution is -0.136. The number of hydrogen-bond acceptors (Lipinski definition) is 2. The Morgan fingerprint density at radius 2 is 1.86 bits per heavy atom. The number of nitrogens with one attached hydrogen (secondary N) is 1. The molecule has 1 aromatic rings. The minimum Gasteiger partial charge on any atom is -0.333 e. The standard InChI is InChI=1S/C17H24N2O2/c1-3-13-8-7-9-14(4-2)17(13)18-15(20)12-19-11-6-5-10-16(19)21/h7-9H,3-6,10-12H2,1-2H3,(H,18,20). The van der Waals surface area contributed by atoms with E-state index in [2.05, 4.69) is 19.2 Å². The van der Waals surface area contributed by atoms with Gasteiger partial charge in [-0.3, -0.25) is 9.59 Å². The molecule has 1 heterocycles. The Hall–Kier alpha value is -1.84. The zero-order valence-corrected chi connectivity index (χ0v) is 12.9. The molecule has 0 atom stereocenters. The molecule has 21 heavy (non-hydrogen) atoms. The first-order chi connectivity index (χ1) is 10.2. The molecule has 1 aliphatic heterocycles. The van der Waals surface area contributed by atoms with E-state index in [1.165, 1.54) is 0 Å². The average molecular weight is 288 g/mol. The Morgan fingerprint density at radius 1 is 1.19 bits per heavy atom. The van der Waals surface area contributed by atoms with Crippen LogP contribution >= 0.6 is 0 Å². The van der Waals surface area contributed by atoms with Gasteiger partial charge in [-0.05, 0) is 36.8 Å². The second-order valence-corrected chi connectivity index (χ2v) is 5.48. The summed E-state index contributed by atoms with van der Waals surface area (Å²) in [6.45, 7) is 5.03. The van der Waals surface area contributed by atoms with Crippen LogP contribution in [0.1, 0.15) is 44.2 Å². The van der Waals surface area contributed by atoms with Crippen molar-refractivity contribution in [2.75, 3.05) is 18.4 Å². The van der Waals surface area contributed by atoms with E-state index in [0.717, 1.165) is 42.5 Å². The first kappa shape index (κ1) is 15.5. The predicted molar refractivity (Wildman–Crippen MR) is 84.3 cm³/mol. The number of aryl methyl sites for hydroxylation is 2. The van der Waals surface area contributed by atoms with Gasteiger partial charge in [0.1, 0.15) is 0 Å². The van der Waals surface area contributed by atoms with Crippen LogP contribution in [0.2, 0.25) is 0 Å². The summed E-state index contributed by atoms with van der Waals surface area (Å²) in [5.74, 6) is -0.00302. The van der Waals surface area contributed by atoms with E-state index >= 15 is 0 Å². The zero-order valence-electron chi connectivity index (χ0n) is 12.9. The first-order valence-corrected chi connectivity index (χ1v) is 7.84. The number of para-hydroxylation sites is 1. The van der Waals surface area contributed by atoms with Crippen LogP contribution in [0.4, 0.5) is 5.69 Å². The van der Waals surface area contributed by atoms with Gasteiger partial charge in [0.05, 0.1) is 6.54 Å². The number of hydrogen-bond donors (Lipinski definition) is 1. The lowest BCUT2D eigenvalue weighted by atomic mass is 10.0. The Labute approximate surface area is 126 Å². The third-order valence-corrected chi connectivity index (χ3v) is 4.02. The number of rotatable bonds is 5. The molecular weight excluding hydrogens is 264 g/mol. The highest BCUT2D eigenvalue weighted by atomic mass is 16.2. The normalized spacial score (nSPS) is 15.1. The molecule has 2 amide bonds. The van der Waals surface area contributed by atoms with Crippen molar-refractivity contribution in [1.29, 1.82) is 0 Å². The zero-order chi connectivity index (χ0) is 15.2. The van der Waals surface area contributed by atoms with E-state index in [4.69, 9.17) is 0 Å². The maximum Gasteiger partial charge on any atom is 0.244 e. The smallest absolute Gasteiger partial charge is 0.244 e. The van der Waals surface area contributed by atoms with Crippen molar-refractivity contribution in [2.45, 2.75) is 46.0 Å². The summed E-state index contributed by atoms with van der Waals surface area (Å²) in [7, 11) is 0. The number of carbonyl (C=O) groups excluding carboxylic acids is 2. The van der Waals surface area contributed by atoms with E-state index in [1.54, 1.807) is 4.90 Å². The van der Waals surface area contributed by atoms with Crippen molar-refractivity contribution in [1.82, 2.24) is 4.90 Å². The van der Waals surface area contributed by atoms with Gasteiger partial charge in [-0.15, -0.1) is 0 Å². The van der Waals surface area contributed by atoms with E-state index in [-0.39, 0.29) is 18.4 Å². The quantitative estimate of drug-likeness (QED) is 0.905. The number of nitrogens with zero attached hydrogens (tertiary/aromatic N) is 1. The van der Waals surface area contributed by atoms with E-state index in [0.29, 0.717) is 13.0 Å². The van der Waals surface area contributed by atoms with Crippen LogP contribution in [0.15, 0.2) is 18.2 Å². The van der Waals surface area contributed by atoms with Crippen LogP contribution in [0.3, 0.4) is 0 Å². The maximum atomic E-state index is 12.3. The van der Waals surface area contributed by atoms with Crippen molar-refractivity contribution in [3.05, 3.63) is 29.3 Å². The van der Waals surface area contributed by atoms with Crippen LogP contribution in [-0.2, 0) is 22.4 Å². The topological polar surface area (TPSA) is 49.4 Å². The second-order valence-electron chi connectivity index (χ2n) is 5.48. The lowest BCUT2D eigenvalue weighted by Gasteiger charge is -2.26.